The van der Waals surface area contributed by atoms with Crippen molar-refractivity contribution in [2.75, 3.05) is 0 Å². The number of hydrogen-bond donors (Lipinski definition) is 2. The highest BCUT2D eigenvalue weighted by atomic mass is 16.4. The van der Waals surface area contributed by atoms with Crippen molar-refractivity contribution in [3.8, 4) is 0 Å². The number of nitrogens with one attached hydrogen (secondary N) is 1. The Labute approximate surface area is 99.8 Å². The number of H-pyrrole nitrogens is 1. The van der Waals surface area contributed by atoms with Crippen LogP contribution in [0.3, 0.4) is 0 Å². The summed E-state index contributed by atoms with van der Waals surface area (Å²) in [5.41, 5.74) is 8.59. The lowest BCUT2D eigenvalue weighted by molar-refractivity contribution is 0.343. The molecule has 1 atom stereocenters. The first-order valence-electron chi connectivity index (χ1n) is 5.73. The molecule has 2 aromatic rings. The van der Waals surface area contributed by atoms with E-state index in [1.807, 2.05) is 18.2 Å². The number of fused-ring (bicyclic) bond motifs is 1. The zero-order valence-electron chi connectivity index (χ0n) is 10.4. The molecule has 0 aliphatic rings. The van der Waals surface area contributed by atoms with Crippen LogP contribution in [0.2, 0.25) is 0 Å². The van der Waals surface area contributed by atoms with Crippen molar-refractivity contribution in [3.63, 3.8) is 0 Å². The van der Waals surface area contributed by atoms with Crippen LogP contribution >= 0.6 is 0 Å². The summed E-state index contributed by atoms with van der Waals surface area (Å²) in [6.07, 6.45) is 0.882. The van der Waals surface area contributed by atoms with Crippen molar-refractivity contribution in [2.24, 2.45) is 11.1 Å². The molecule has 2 rings (SSSR count). The topological polar surface area (TPSA) is 72.0 Å². The van der Waals surface area contributed by atoms with E-state index in [9.17, 15) is 4.79 Å². The molecule has 1 unspecified atom stereocenters. The molecule has 0 spiro atoms. The molecule has 17 heavy (non-hydrogen) atoms. The lowest BCUT2D eigenvalue weighted by Gasteiger charge is -2.23. The summed E-state index contributed by atoms with van der Waals surface area (Å²) in [4.78, 5) is 13.7. The highest BCUT2D eigenvalue weighted by Gasteiger charge is 2.17. The molecule has 0 saturated carbocycles. The summed E-state index contributed by atoms with van der Waals surface area (Å²) in [5, 5.41) is 0. The maximum Gasteiger partial charge on any atom is 0.417 e. The van der Waals surface area contributed by atoms with Crippen LogP contribution in [0.4, 0.5) is 0 Å². The van der Waals surface area contributed by atoms with Gasteiger partial charge in [-0.25, -0.2) is 4.79 Å². The summed E-state index contributed by atoms with van der Waals surface area (Å²) >= 11 is 0. The SMILES string of the molecule is CC(C)(C)CC(N)c1ccc2[nH]c(=O)oc2c1. The minimum Gasteiger partial charge on any atom is -0.408 e. The van der Waals surface area contributed by atoms with Gasteiger partial charge in [-0.15, -0.1) is 0 Å². The summed E-state index contributed by atoms with van der Waals surface area (Å²) in [6.45, 7) is 6.46. The molecule has 0 aliphatic carbocycles. The van der Waals surface area contributed by atoms with Gasteiger partial charge in [-0.2, -0.15) is 0 Å². The Morgan fingerprint density at radius 1 is 1.41 bits per heavy atom. The van der Waals surface area contributed by atoms with Crippen LogP contribution in [0.1, 0.15) is 38.8 Å². The number of benzene rings is 1. The summed E-state index contributed by atoms with van der Waals surface area (Å²) in [6, 6.07) is 5.56. The van der Waals surface area contributed by atoms with Gasteiger partial charge < -0.3 is 10.2 Å². The molecule has 0 aliphatic heterocycles. The fourth-order valence-electron chi connectivity index (χ4n) is 1.97. The first-order chi connectivity index (χ1) is 7.85. The number of rotatable bonds is 2. The van der Waals surface area contributed by atoms with E-state index in [-0.39, 0.29) is 11.5 Å². The Hall–Kier alpha value is -1.55. The monoisotopic (exact) mass is 234 g/mol. The first kappa shape index (κ1) is 11.9. The summed E-state index contributed by atoms with van der Waals surface area (Å²) in [5.74, 6) is -0.429. The van der Waals surface area contributed by atoms with Gasteiger partial charge >= 0.3 is 5.76 Å². The standard InChI is InChI=1S/C13H18N2O2/c1-13(2,3)7-9(14)8-4-5-10-11(6-8)17-12(16)15-10/h4-6,9H,7,14H2,1-3H3,(H,15,16). The van der Waals surface area contributed by atoms with E-state index in [0.717, 1.165) is 12.0 Å². The molecular formula is C13H18N2O2. The lowest BCUT2D eigenvalue weighted by Crippen LogP contribution is -2.18. The number of hydrogen-bond acceptors (Lipinski definition) is 3. The predicted octanol–water partition coefficient (Wildman–Crippen LogP) is 2.56. The van der Waals surface area contributed by atoms with E-state index in [1.165, 1.54) is 0 Å². The second-order valence-electron chi connectivity index (χ2n) is 5.64. The molecule has 4 nitrogen and oxygen atoms in total. The van der Waals surface area contributed by atoms with E-state index in [2.05, 4.69) is 25.8 Å². The van der Waals surface area contributed by atoms with Gasteiger partial charge in [0.05, 0.1) is 5.52 Å². The molecule has 0 radical (unpaired) electrons. The molecule has 0 saturated heterocycles. The Morgan fingerprint density at radius 3 is 2.76 bits per heavy atom. The fourth-order valence-corrected chi connectivity index (χ4v) is 1.97. The van der Waals surface area contributed by atoms with Gasteiger partial charge in [0.2, 0.25) is 0 Å². The van der Waals surface area contributed by atoms with Gasteiger partial charge in [0.1, 0.15) is 0 Å². The van der Waals surface area contributed by atoms with Crippen molar-refractivity contribution in [1.82, 2.24) is 4.98 Å². The van der Waals surface area contributed by atoms with Crippen molar-refractivity contribution in [3.05, 3.63) is 34.3 Å². The lowest BCUT2D eigenvalue weighted by atomic mass is 9.86. The van der Waals surface area contributed by atoms with Crippen LogP contribution in [0.15, 0.2) is 27.4 Å². The second-order valence-corrected chi connectivity index (χ2v) is 5.64. The van der Waals surface area contributed by atoms with Crippen LogP contribution in [-0.2, 0) is 0 Å². The van der Waals surface area contributed by atoms with Gasteiger partial charge in [0, 0.05) is 6.04 Å². The number of nitrogens with two attached hydrogens (primary N) is 1. The van der Waals surface area contributed by atoms with Crippen molar-refractivity contribution < 1.29 is 4.42 Å². The molecule has 0 amide bonds. The first-order valence-corrected chi connectivity index (χ1v) is 5.73. The largest absolute Gasteiger partial charge is 0.417 e. The Kier molecular flexibility index (Phi) is 2.83. The van der Waals surface area contributed by atoms with Gasteiger partial charge in [-0.05, 0) is 29.5 Å². The van der Waals surface area contributed by atoms with Gasteiger partial charge in [-0.3, -0.25) is 4.98 Å². The molecule has 3 N–H and O–H groups in total. The predicted molar refractivity (Wildman–Crippen MR) is 67.8 cm³/mol. The summed E-state index contributed by atoms with van der Waals surface area (Å²) < 4.78 is 5.02. The Morgan fingerprint density at radius 2 is 2.12 bits per heavy atom. The van der Waals surface area contributed by atoms with E-state index >= 15 is 0 Å². The van der Waals surface area contributed by atoms with Crippen LogP contribution < -0.4 is 11.5 Å². The maximum absolute atomic E-state index is 11.0. The van der Waals surface area contributed by atoms with Crippen LogP contribution in [0.5, 0.6) is 0 Å². The minimum absolute atomic E-state index is 0.0420. The Balaban J connectivity index is 2.32. The molecule has 1 heterocycles. The van der Waals surface area contributed by atoms with Gasteiger partial charge in [0.25, 0.3) is 0 Å². The number of oxazole rings is 1. The molecule has 92 valence electrons. The quantitative estimate of drug-likeness (QED) is 0.838. The molecule has 0 fully saturated rings. The minimum atomic E-state index is -0.429. The third kappa shape index (κ3) is 2.77. The zero-order chi connectivity index (χ0) is 12.6. The smallest absolute Gasteiger partial charge is 0.408 e. The van der Waals surface area contributed by atoms with E-state index in [1.54, 1.807) is 0 Å². The van der Waals surface area contributed by atoms with E-state index in [4.69, 9.17) is 10.2 Å². The van der Waals surface area contributed by atoms with E-state index < -0.39 is 5.76 Å². The van der Waals surface area contributed by atoms with Crippen LogP contribution in [0, 0.1) is 5.41 Å². The molecule has 1 aromatic carbocycles. The maximum atomic E-state index is 11.0. The molecule has 4 heteroatoms. The van der Waals surface area contributed by atoms with Crippen LogP contribution in [-0.4, -0.2) is 4.98 Å². The fraction of sp³-hybridized carbons (Fsp3) is 0.462. The molecular weight excluding hydrogens is 216 g/mol. The Bertz CT molecular complexity index is 575. The van der Waals surface area contributed by atoms with Gasteiger partial charge in [0.15, 0.2) is 5.58 Å². The van der Waals surface area contributed by atoms with E-state index in [0.29, 0.717) is 11.1 Å². The van der Waals surface area contributed by atoms with Crippen molar-refractivity contribution in [1.29, 1.82) is 0 Å². The average Bonchev–Trinajstić information content (AvgIpc) is 2.53. The van der Waals surface area contributed by atoms with Crippen molar-refractivity contribution in [2.45, 2.75) is 33.2 Å². The highest BCUT2D eigenvalue weighted by Crippen LogP contribution is 2.28. The third-order valence-corrected chi connectivity index (χ3v) is 2.71. The zero-order valence-corrected chi connectivity index (χ0v) is 10.4. The third-order valence-electron chi connectivity index (χ3n) is 2.71. The summed E-state index contributed by atoms with van der Waals surface area (Å²) in [7, 11) is 0. The molecule has 1 aromatic heterocycles. The second kappa shape index (κ2) is 4.04. The van der Waals surface area contributed by atoms with Crippen molar-refractivity contribution >= 4 is 11.1 Å². The number of aromatic amines is 1. The van der Waals surface area contributed by atoms with Crippen LogP contribution in [0.25, 0.3) is 11.1 Å². The normalized spacial score (nSPS) is 14.1. The number of aromatic nitrogens is 1. The van der Waals surface area contributed by atoms with Gasteiger partial charge in [-0.1, -0.05) is 26.8 Å². The highest BCUT2D eigenvalue weighted by molar-refractivity contribution is 5.72. The average molecular weight is 234 g/mol. The molecule has 0 bridgehead atoms.